The monoisotopic (exact) mass is 427 g/mol. The highest BCUT2D eigenvalue weighted by Crippen LogP contribution is 2.39. The van der Waals surface area contributed by atoms with E-state index < -0.39 is 24.6 Å². The second-order valence-corrected chi connectivity index (χ2v) is 7.85. The maximum Gasteiger partial charge on any atom is 0.305 e. The maximum atomic E-state index is 13.5. The predicted octanol–water partition coefficient (Wildman–Crippen LogP) is 4.33. The van der Waals surface area contributed by atoms with Crippen molar-refractivity contribution < 1.29 is 29.6 Å². The zero-order valence-corrected chi connectivity index (χ0v) is 17.4. The second-order valence-electron chi connectivity index (χ2n) is 7.85. The molecule has 0 aliphatic heterocycles. The van der Waals surface area contributed by atoms with Crippen LogP contribution in [0.15, 0.2) is 48.5 Å². The number of aromatic nitrogens is 1. The van der Waals surface area contributed by atoms with E-state index in [1.54, 1.807) is 36.4 Å². The molecule has 7 heteroatoms. The summed E-state index contributed by atoms with van der Waals surface area (Å²) in [5, 5.41) is 39.8. The van der Waals surface area contributed by atoms with Gasteiger partial charge in [0.05, 0.1) is 24.1 Å². The number of phenolic OH excluding ortho intramolecular Hbond substituents is 1. The van der Waals surface area contributed by atoms with Crippen molar-refractivity contribution in [2.75, 3.05) is 0 Å². The number of aliphatic hydroxyl groups is 2. The molecule has 0 unspecified atom stereocenters. The van der Waals surface area contributed by atoms with Crippen LogP contribution in [0.2, 0.25) is 0 Å². The van der Waals surface area contributed by atoms with E-state index in [4.69, 9.17) is 5.11 Å². The van der Waals surface area contributed by atoms with Gasteiger partial charge in [-0.15, -0.1) is 0 Å². The lowest BCUT2D eigenvalue weighted by atomic mass is 10.0. The van der Waals surface area contributed by atoms with Crippen LogP contribution in [0.4, 0.5) is 4.39 Å². The Morgan fingerprint density at radius 2 is 1.81 bits per heavy atom. The molecule has 0 saturated carbocycles. The lowest BCUT2D eigenvalue weighted by Crippen LogP contribution is -2.19. The highest BCUT2D eigenvalue weighted by molar-refractivity contribution is 6.01. The number of phenols is 1. The van der Waals surface area contributed by atoms with E-state index in [1.807, 2.05) is 18.4 Å². The average Bonchev–Trinajstić information content (AvgIpc) is 2.99. The highest BCUT2D eigenvalue weighted by Gasteiger charge is 2.20. The van der Waals surface area contributed by atoms with Crippen molar-refractivity contribution >= 4 is 22.9 Å². The van der Waals surface area contributed by atoms with Crippen molar-refractivity contribution in [2.45, 2.75) is 44.9 Å². The van der Waals surface area contributed by atoms with Gasteiger partial charge in [0.1, 0.15) is 11.6 Å². The molecule has 1 aromatic heterocycles. The third-order valence-electron chi connectivity index (χ3n) is 5.08. The highest BCUT2D eigenvalue weighted by atomic mass is 19.1. The van der Waals surface area contributed by atoms with Crippen molar-refractivity contribution in [3.63, 3.8) is 0 Å². The zero-order valence-electron chi connectivity index (χ0n) is 17.4. The summed E-state index contributed by atoms with van der Waals surface area (Å²) in [7, 11) is 0. The summed E-state index contributed by atoms with van der Waals surface area (Å²) in [6.07, 6.45) is 0.442. The van der Waals surface area contributed by atoms with Gasteiger partial charge >= 0.3 is 5.97 Å². The van der Waals surface area contributed by atoms with Gasteiger partial charge < -0.3 is 25.0 Å². The van der Waals surface area contributed by atoms with Gasteiger partial charge in [0.2, 0.25) is 0 Å². The molecular weight excluding hydrogens is 401 g/mol. The van der Waals surface area contributed by atoms with E-state index in [2.05, 4.69) is 0 Å². The fourth-order valence-electron chi connectivity index (χ4n) is 3.80. The van der Waals surface area contributed by atoms with Crippen LogP contribution in [0.5, 0.6) is 5.75 Å². The average molecular weight is 427 g/mol. The molecule has 0 saturated heterocycles. The van der Waals surface area contributed by atoms with E-state index in [-0.39, 0.29) is 24.0 Å². The summed E-state index contributed by atoms with van der Waals surface area (Å²) in [5.74, 6) is -1.37. The number of carboxylic acid groups (broad SMARTS) is 1. The quantitative estimate of drug-likeness (QED) is 0.428. The number of nitrogens with zero attached hydrogens (tertiary/aromatic N) is 1. The molecule has 0 aliphatic rings. The Labute approximate surface area is 179 Å². The number of aliphatic hydroxyl groups excluding tert-OH is 2. The van der Waals surface area contributed by atoms with Crippen molar-refractivity contribution in [1.29, 1.82) is 0 Å². The summed E-state index contributed by atoms with van der Waals surface area (Å²) in [5.41, 5.74) is 3.12. The Hall–Kier alpha value is -3.16. The summed E-state index contributed by atoms with van der Waals surface area (Å²) in [6, 6.07) is 11.1. The van der Waals surface area contributed by atoms with E-state index in [1.165, 1.54) is 18.2 Å². The first-order valence-electron chi connectivity index (χ1n) is 10.1. The maximum absolute atomic E-state index is 13.5. The molecule has 1 heterocycles. The Kier molecular flexibility index (Phi) is 6.77. The number of benzene rings is 2. The lowest BCUT2D eigenvalue weighted by Gasteiger charge is -2.15. The first-order valence-corrected chi connectivity index (χ1v) is 10.1. The van der Waals surface area contributed by atoms with Crippen molar-refractivity contribution in [2.24, 2.45) is 0 Å². The first kappa shape index (κ1) is 22.5. The minimum atomic E-state index is -1.17. The van der Waals surface area contributed by atoms with Gasteiger partial charge in [-0.05, 0) is 49.8 Å². The standard InChI is InChI=1S/C24H26FNO5/c1-14(2)26-21(10-8-17(27)11-19(29)13-23(30)31)24(15-3-5-16(25)6-4-15)20-9-7-18(28)12-22(20)26/h3-10,12,14,17,19,27-29H,11,13H2,1-2H3,(H,30,31)/b10-8+/t17-,19-/m1/s1. The van der Waals surface area contributed by atoms with Gasteiger partial charge in [0.25, 0.3) is 0 Å². The number of carboxylic acids is 1. The third kappa shape index (κ3) is 5.13. The molecule has 31 heavy (non-hydrogen) atoms. The molecule has 164 valence electrons. The molecule has 0 aliphatic carbocycles. The van der Waals surface area contributed by atoms with Crippen LogP contribution in [-0.4, -0.2) is 43.2 Å². The van der Waals surface area contributed by atoms with Gasteiger partial charge in [0.15, 0.2) is 0 Å². The smallest absolute Gasteiger partial charge is 0.305 e. The molecule has 3 aromatic rings. The minimum absolute atomic E-state index is 0.00731. The van der Waals surface area contributed by atoms with Crippen molar-refractivity contribution in [3.05, 3.63) is 60.1 Å². The predicted molar refractivity (Wildman–Crippen MR) is 117 cm³/mol. The van der Waals surface area contributed by atoms with Crippen LogP contribution in [0.1, 0.15) is 38.4 Å². The van der Waals surface area contributed by atoms with E-state index in [0.29, 0.717) is 0 Å². The molecule has 2 atom stereocenters. The van der Waals surface area contributed by atoms with E-state index in [0.717, 1.165) is 27.7 Å². The lowest BCUT2D eigenvalue weighted by molar-refractivity contribution is -0.139. The molecule has 0 fully saturated rings. The van der Waals surface area contributed by atoms with Crippen LogP contribution in [0.25, 0.3) is 28.1 Å². The molecule has 0 radical (unpaired) electrons. The minimum Gasteiger partial charge on any atom is -0.508 e. The number of hydrogen-bond donors (Lipinski definition) is 4. The summed E-state index contributed by atoms with van der Waals surface area (Å²) in [4.78, 5) is 10.7. The number of aliphatic carboxylic acids is 1. The summed E-state index contributed by atoms with van der Waals surface area (Å²) < 4.78 is 15.5. The SMILES string of the molecule is CC(C)n1c(/C=C/[C@@H](O)C[C@@H](O)CC(=O)O)c(-c2ccc(F)cc2)c2ccc(O)cc21. The largest absolute Gasteiger partial charge is 0.508 e. The van der Waals surface area contributed by atoms with Crippen LogP contribution in [0.3, 0.4) is 0 Å². The number of aromatic hydroxyl groups is 1. The van der Waals surface area contributed by atoms with Crippen LogP contribution < -0.4 is 0 Å². The number of carbonyl (C=O) groups is 1. The molecule has 4 N–H and O–H groups in total. The fraction of sp³-hybridized carbons (Fsp3) is 0.292. The fourth-order valence-corrected chi connectivity index (χ4v) is 3.80. The Morgan fingerprint density at radius 1 is 1.13 bits per heavy atom. The van der Waals surface area contributed by atoms with Crippen LogP contribution in [0, 0.1) is 5.82 Å². The van der Waals surface area contributed by atoms with E-state index >= 15 is 0 Å². The van der Waals surface area contributed by atoms with Crippen molar-refractivity contribution in [3.8, 4) is 16.9 Å². The molecule has 0 spiro atoms. The van der Waals surface area contributed by atoms with Crippen LogP contribution >= 0.6 is 0 Å². The Morgan fingerprint density at radius 3 is 2.42 bits per heavy atom. The molecule has 0 bridgehead atoms. The molecule has 6 nitrogen and oxygen atoms in total. The Bertz CT molecular complexity index is 1100. The molecule has 3 rings (SSSR count). The van der Waals surface area contributed by atoms with Gasteiger partial charge in [-0.1, -0.05) is 18.2 Å². The molecule has 2 aromatic carbocycles. The van der Waals surface area contributed by atoms with Gasteiger partial charge in [-0.2, -0.15) is 0 Å². The topological polar surface area (TPSA) is 103 Å². The summed E-state index contributed by atoms with van der Waals surface area (Å²) in [6.45, 7) is 3.98. The van der Waals surface area contributed by atoms with Crippen molar-refractivity contribution in [1.82, 2.24) is 4.57 Å². The summed E-state index contributed by atoms with van der Waals surface area (Å²) >= 11 is 0. The van der Waals surface area contributed by atoms with E-state index in [9.17, 15) is 24.5 Å². The number of fused-ring (bicyclic) bond motifs is 1. The second kappa shape index (κ2) is 9.32. The number of rotatable bonds is 8. The van der Waals surface area contributed by atoms with Gasteiger partial charge in [-0.3, -0.25) is 4.79 Å². The number of hydrogen-bond acceptors (Lipinski definition) is 4. The van der Waals surface area contributed by atoms with Crippen LogP contribution in [-0.2, 0) is 4.79 Å². The molecular formula is C24H26FNO5. The third-order valence-corrected chi connectivity index (χ3v) is 5.08. The first-order chi connectivity index (χ1) is 14.7. The van der Waals surface area contributed by atoms with Gasteiger partial charge in [0, 0.05) is 35.2 Å². The molecule has 0 amide bonds. The number of halogens is 1. The normalized spacial score (nSPS) is 13.9. The van der Waals surface area contributed by atoms with Gasteiger partial charge in [-0.25, -0.2) is 4.39 Å². The Balaban J connectivity index is 2.12. The zero-order chi connectivity index (χ0) is 22.7.